The molecule has 2 N–H and O–H groups in total. The van der Waals surface area contributed by atoms with E-state index in [1.807, 2.05) is 78.1 Å². The van der Waals surface area contributed by atoms with Gasteiger partial charge in [-0.05, 0) is 35.1 Å². The fourth-order valence-electron chi connectivity index (χ4n) is 2.00. The molecule has 2 heterocycles. The Kier molecular flexibility index (Phi) is 6.72. The number of anilines is 4. The number of benzene rings is 2. The average Bonchev–Trinajstić information content (AvgIpc) is 3.25. The molecule has 126 valence electrons. The molecule has 25 heavy (non-hydrogen) atoms. The van der Waals surface area contributed by atoms with Gasteiger partial charge in [0.2, 0.25) is 5.95 Å². The summed E-state index contributed by atoms with van der Waals surface area (Å²) in [5.41, 5.74) is 2.89. The molecule has 7 heteroatoms. The Labute approximate surface area is 155 Å². The van der Waals surface area contributed by atoms with Crippen LogP contribution in [0.2, 0.25) is 0 Å². The standard InChI is InChI=1S/C15H13N5.C3H4S2/c1-2-6-12(7-3-1)19-13-8-4-5-9-14(13)20-15-17-10-16-11-18-15;1-2-5-3-4-1/h1-11,19H,(H,16,17,18,20);1-2H,3H2. The second-order valence-corrected chi connectivity index (χ2v) is 7.00. The summed E-state index contributed by atoms with van der Waals surface area (Å²) in [7, 11) is 0. The van der Waals surface area contributed by atoms with Crippen LogP contribution in [-0.2, 0) is 0 Å². The molecule has 3 aromatic rings. The van der Waals surface area contributed by atoms with E-state index in [9.17, 15) is 0 Å². The van der Waals surface area contributed by atoms with E-state index in [0.717, 1.165) is 17.1 Å². The molecule has 0 fully saturated rings. The van der Waals surface area contributed by atoms with Gasteiger partial charge in [-0.15, -0.1) is 23.5 Å². The van der Waals surface area contributed by atoms with Crippen LogP contribution in [0.5, 0.6) is 0 Å². The number of thioether (sulfide) groups is 2. The minimum atomic E-state index is 0.516. The van der Waals surface area contributed by atoms with E-state index in [4.69, 9.17) is 0 Å². The Morgan fingerprint density at radius 1 is 0.720 bits per heavy atom. The van der Waals surface area contributed by atoms with Crippen molar-refractivity contribution in [2.75, 3.05) is 15.7 Å². The summed E-state index contributed by atoms with van der Waals surface area (Å²) in [6, 6.07) is 17.9. The van der Waals surface area contributed by atoms with Crippen molar-refractivity contribution in [3.63, 3.8) is 0 Å². The van der Waals surface area contributed by atoms with Crippen LogP contribution in [0.3, 0.4) is 0 Å². The number of aromatic nitrogens is 3. The van der Waals surface area contributed by atoms with E-state index in [0.29, 0.717) is 5.95 Å². The summed E-state index contributed by atoms with van der Waals surface area (Å²) >= 11 is 3.71. The number of rotatable bonds is 4. The van der Waals surface area contributed by atoms with Gasteiger partial charge in [0.05, 0.1) is 11.4 Å². The normalized spacial score (nSPS) is 12.2. The van der Waals surface area contributed by atoms with E-state index in [2.05, 4.69) is 36.4 Å². The van der Waals surface area contributed by atoms with Crippen LogP contribution < -0.4 is 10.6 Å². The summed E-state index contributed by atoms with van der Waals surface area (Å²) < 4.78 is 0. The van der Waals surface area contributed by atoms with Gasteiger partial charge in [-0.3, -0.25) is 0 Å². The maximum absolute atomic E-state index is 4.06. The first kappa shape index (κ1) is 17.3. The number of para-hydroxylation sites is 3. The van der Waals surface area contributed by atoms with Crippen LogP contribution in [-0.4, -0.2) is 20.0 Å². The van der Waals surface area contributed by atoms with Gasteiger partial charge in [0.1, 0.15) is 12.7 Å². The molecular weight excluding hydrogens is 350 g/mol. The Morgan fingerprint density at radius 3 is 1.92 bits per heavy atom. The van der Waals surface area contributed by atoms with Crippen molar-refractivity contribution in [1.29, 1.82) is 0 Å². The molecule has 1 aromatic heterocycles. The summed E-state index contributed by atoms with van der Waals surface area (Å²) in [6.45, 7) is 0. The fourth-order valence-corrected chi connectivity index (χ4v) is 3.57. The Morgan fingerprint density at radius 2 is 1.32 bits per heavy atom. The first-order valence-corrected chi connectivity index (χ1v) is 9.70. The van der Waals surface area contributed by atoms with Gasteiger partial charge >= 0.3 is 0 Å². The van der Waals surface area contributed by atoms with E-state index in [1.165, 1.54) is 17.7 Å². The van der Waals surface area contributed by atoms with Crippen LogP contribution in [0.25, 0.3) is 0 Å². The highest BCUT2D eigenvalue weighted by Gasteiger charge is 2.03. The Bertz CT molecular complexity index is 730. The van der Waals surface area contributed by atoms with Gasteiger partial charge < -0.3 is 10.6 Å². The first-order valence-electron chi connectivity index (χ1n) is 7.60. The van der Waals surface area contributed by atoms with Crippen molar-refractivity contribution >= 4 is 46.5 Å². The molecule has 0 unspecified atom stereocenters. The predicted octanol–water partition coefficient (Wildman–Crippen LogP) is 5.25. The maximum atomic E-state index is 4.06. The lowest BCUT2D eigenvalue weighted by molar-refractivity contribution is 1.05. The lowest BCUT2D eigenvalue weighted by atomic mass is 10.2. The highest BCUT2D eigenvalue weighted by Crippen LogP contribution is 2.26. The average molecular weight is 368 g/mol. The number of hydrogen-bond acceptors (Lipinski definition) is 7. The number of hydrogen-bond donors (Lipinski definition) is 2. The van der Waals surface area contributed by atoms with E-state index >= 15 is 0 Å². The third kappa shape index (κ3) is 5.81. The topological polar surface area (TPSA) is 62.7 Å². The van der Waals surface area contributed by atoms with Crippen LogP contribution >= 0.6 is 23.5 Å². The quantitative estimate of drug-likeness (QED) is 0.652. The minimum Gasteiger partial charge on any atom is -0.354 e. The van der Waals surface area contributed by atoms with Crippen molar-refractivity contribution in [3.05, 3.63) is 78.1 Å². The van der Waals surface area contributed by atoms with Crippen LogP contribution in [0.4, 0.5) is 23.0 Å². The van der Waals surface area contributed by atoms with Gasteiger partial charge in [-0.2, -0.15) is 0 Å². The van der Waals surface area contributed by atoms with Crippen molar-refractivity contribution < 1.29 is 0 Å². The van der Waals surface area contributed by atoms with Crippen molar-refractivity contribution in [2.45, 2.75) is 0 Å². The van der Waals surface area contributed by atoms with Crippen molar-refractivity contribution in [2.24, 2.45) is 0 Å². The zero-order chi connectivity index (χ0) is 17.2. The molecule has 0 aliphatic carbocycles. The summed E-state index contributed by atoms with van der Waals surface area (Å²) in [5.74, 6) is 0.516. The number of nitrogens with one attached hydrogen (secondary N) is 2. The molecule has 0 radical (unpaired) electrons. The smallest absolute Gasteiger partial charge is 0.230 e. The van der Waals surface area contributed by atoms with E-state index < -0.39 is 0 Å². The fraction of sp³-hybridized carbons (Fsp3) is 0.0556. The van der Waals surface area contributed by atoms with Crippen LogP contribution in [0.1, 0.15) is 0 Å². The van der Waals surface area contributed by atoms with Gasteiger partial charge in [0, 0.05) is 10.8 Å². The molecule has 0 saturated carbocycles. The molecule has 1 aliphatic heterocycles. The highest BCUT2D eigenvalue weighted by molar-refractivity contribution is 8.21. The van der Waals surface area contributed by atoms with Gasteiger partial charge in [-0.1, -0.05) is 30.3 Å². The molecule has 0 bridgehead atoms. The van der Waals surface area contributed by atoms with Gasteiger partial charge in [0.15, 0.2) is 0 Å². The first-order chi connectivity index (χ1) is 12.4. The third-order valence-electron chi connectivity index (χ3n) is 3.10. The monoisotopic (exact) mass is 367 g/mol. The molecular formula is C18H17N5S2. The summed E-state index contributed by atoms with van der Waals surface area (Å²) in [5, 5.41) is 12.0. The van der Waals surface area contributed by atoms with Crippen molar-refractivity contribution in [3.8, 4) is 0 Å². The van der Waals surface area contributed by atoms with Gasteiger partial charge in [0.25, 0.3) is 0 Å². The third-order valence-corrected chi connectivity index (χ3v) is 5.02. The second kappa shape index (κ2) is 9.71. The second-order valence-electron chi connectivity index (χ2n) is 4.85. The molecule has 0 spiro atoms. The van der Waals surface area contributed by atoms with Crippen molar-refractivity contribution in [1.82, 2.24) is 15.0 Å². The van der Waals surface area contributed by atoms with Gasteiger partial charge in [-0.25, -0.2) is 15.0 Å². The zero-order valence-corrected chi connectivity index (χ0v) is 15.0. The SMILES string of the molecule is C1=CSCS1.c1ccc(Nc2ccccc2Nc2ncncn2)cc1. The molecule has 0 atom stereocenters. The molecule has 0 amide bonds. The molecule has 4 rings (SSSR count). The van der Waals surface area contributed by atoms with E-state index in [1.54, 1.807) is 0 Å². The molecule has 2 aromatic carbocycles. The largest absolute Gasteiger partial charge is 0.354 e. The van der Waals surface area contributed by atoms with Crippen LogP contribution in [0, 0.1) is 0 Å². The maximum Gasteiger partial charge on any atom is 0.230 e. The molecule has 1 aliphatic rings. The van der Waals surface area contributed by atoms with Crippen LogP contribution in [0.15, 0.2) is 78.1 Å². The summed E-state index contributed by atoms with van der Waals surface area (Å²) in [6.07, 6.45) is 2.92. The predicted molar refractivity (Wildman–Crippen MR) is 108 cm³/mol. The Hall–Kier alpha value is -2.51. The Balaban J connectivity index is 0.000000314. The molecule has 5 nitrogen and oxygen atoms in total. The summed E-state index contributed by atoms with van der Waals surface area (Å²) in [4.78, 5) is 11.9. The number of nitrogens with zero attached hydrogens (tertiary/aromatic N) is 3. The zero-order valence-electron chi connectivity index (χ0n) is 13.4. The lowest BCUT2D eigenvalue weighted by Gasteiger charge is -2.12. The van der Waals surface area contributed by atoms with E-state index in [-0.39, 0.29) is 0 Å². The lowest BCUT2D eigenvalue weighted by Crippen LogP contribution is -2.00. The highest BCUT2D eigenvalue weighted by atomic mass is 32.2. The minimum absolute atomic E-state index is 0.516. The molecule has 0 saturated heterocycles.